The maximum absolute atomic E-state index is 5.99. The van der Waals surface area contributed by atoms with Gasteiger partial charge in [0.15, 0.2) is 0 Å². The number of para-hydroxylation sites is 1. The number of hydrogen-bond acceptors (Lipinski definition) is 6. The van der Waals surface area contributed by atoms with Crippen LogP contribution in [0.15, 0.2) is 42.7 Å². The second kappa shape index (κ2) is 9.51. The summed E-state index contributed by atoms with van der Waals surface area (Å²) in [6.07, 6.45) is 11.5. The van der Waals surface area contributed by atoms with E-state index in [4.69, 9.17) is 9.72 Å². The molecule has 2 aliphatic rings. The quantitative estimate of drug-likeness (QED) is 0.641. The number of aryl methyl sites for hydroxylation is 1. The van der Waals surface area contributed by atoms with Crippen LogP contribution in [0.3, 0.4) is 0 Å². The average molecular weight is 432 g/mol. The summed E-state index contributed by atoms with van der Waals surface area (Å²) in [6.45, 7) is 3.73. The van der Waals surface area contributed by atoms with Crippen LogP contribution >= 0.6 is 0 Å². The lowest BCUT2D eigenvalue weighted by Crippen LogP contribution is -2.56. The number of nitrogens with zero attached hydrogens (tertiary/aromatic N) is 4. The zero-order valence-corrected chi connectivity index (χ0v) is 19.1. The second-order valence-corrected chi connectivity index (χ2v) is 9.21. The topological polar surface area (TPSA) is 63.2 Å². The predicted molar refractivity (Wildman–Crippen MR) is 129 cm³/mol. The van der Waals surface area contributed by atoms with Crippen LogP contribution in [0, 0.1) is 6.92 Å². The van der Waals surface area contributed by atoms with Gasteiger partial charge in [0.2, 0.25) is 0 Å². The van der Waals surface area contributed by atoms with E-state index in [1.165, 1.54) is 32.1 Å². The Labute approximate surface area is 190 Å². The third-order valence-corrected chi connectivity index (χ3v) is 6.98. The molecule has 168 valence electrons. The second-order valence-electron chi connectivity index (χ2n) is 9.21. The van der Waals surface area contributed by atoms with Gasteiger partial charge in [0, 0.05) is 49.4 Å². The summed E-state index contributed by atoms with van der Waals surface area (Å²) in [4.78, 5) is 16.6. The van der Waals surface area contributed by atoms with E-state index < -0.39 is 0 Å². The van der Waals surface area contributed by atoms with E-state index in [1.807, 2.05) is 32.5 Å². The van der Waals surface area contributed by atoms with Gasteiger partial charge < -0.3 is 15.0 Å². The van der Waals surface area contributed by atoms with Crippen LogP contribution in [0.2, 0.25) is 0 Å². The van der Waals surface area contributed by atoms with E-state index >= 15 is 0 Å². The number of piperidine rings is 1. The Morgan fingerprint density at radius 2 is 1.88 bits per heavy atom. The summed E-state index contributed by atoms with van der Waals surface area (Å²) in [5, 5.41) is 5.04. The fraction of sp³-hybridized carbons (Fsp3) is 0.500. The highest BCUT2D eigenvalue weighted by Crippen LogP contribution is 2.33. The molecule has 3 aromatic rings. The summed E-state index contributed by atoms with van der Waals surface area (Å²) in [5.41, 5.74) is 3.81. The number of fused-ring (bicyclic) bond motifs is 1. The van der Waals surface area contributed by atoms with Crippen LogP contribution in [0.1, 0.15) is 44.2 Å². The van der Waals surface area contributed by atoms with Crippen molar-refractivity contribution in [2.24, 2.45) is 0 Å². The number of methoxy groups -OCH3 is 1. The van der Waals surface area contributed by atoms with E-state index in [0.29, 0.717) is 12.1 Å². The number of benzene rings is 1. The third-order valence-electron chi connectivity index (χ3n) is 6.98. The molecule has 0 spiro atoms. The lowest BCUT2D eigenvalue weighted by molar-refractivity contribution is 0.0534. The lowest BCUT2D eigenvalue weighted by atomic mass is 9.92. The molecule has 0 bridgehead atoms. The van der Waals surface area contributed by atoms with E-state index in [0.717, 1.165) is 53.2 Å². The molecule has 1 saturated heterocycles. The zero-order chi connectivity index (χ0) is 21.9. The molecule has 0 amide bonds. The minimum Gasteiger partial charge on any atom is -0.378 e. The van der Waals surface area contributed by atoms with Gasteiger partial charge in [-0.3, -0.25) is 9.97 Å². The molecule has 1 saturated carbocycles. The van der Waals surface area contributed by atoms with Gasteiger partial charge in [-0.2, -0.15) is 0 Å². The molecule has 2 atom stereocenters. The average Bonchev–Trinajstić information content (AvgIpc) is 2.84. The molecule has 2 fully saturated rings. The minimum absolute atomic E-state index is 0.135. The normalized spacial score (nSPS) is 22.4. The Morgan fingerprint density at radius 1 is 1.03 bits per heavy atom. The maximum Gasteiger partial charge on any atom is 0.138 e. The molecule has 2 aromatic heterocycles. The van der Waals surface area contributed by atoms with Crippen LogP contribution in [0.4, 0.5) is 5.82 Å². The number of hydrogen-bond donors (Lipinski definition) is 1. The van der Waals surface area contributed by atoms with Crippen molar-refractivity contribution in [3.05, 3.63) is 48.4 Å². The van der Waals surface area contributed by atoms with E-state index in [1.54, 1.807) is 0 Å². The Morgan fingerprint density at radius 3 is 2.66 bits per heavy atom. The first kappa shape index (κ1) is 21.3. The first-order valence-electron chi connectivity index (χ1n) is 11.9. The zero-order valence-electron chi connectivity index (χ0n) is 19.1. The summed E-state index contributed by atoms with van der Waals surface area (Å²) >= 11 is 0. The van der Waals surface area contributed by atoms with E-state index in [9.17, 15) is 0 Å². The van der Waals surface area contributed by atoms with Gasteiger partial charge in [-0.25, -0.2) is 4.98 Å². The summed E-state index contributed by atoms with van der Waals surface area (Å²) in [7, 11) is 1.84. The molecule has 6 heteroatoms. The number of pyridine rings is 1. The van der Waals surface area contributed by atoms with Gasteiger partial charge in [-0.1, -0.05) is 37.5 Å². The smallest absolute Gasteiger partial charge is 0.138 e. The molecule has 1 aliphatic heterocycles. The first-order chi connectivity index (χ1) is 15.7. The van der Waals surface area contributed by atoms with Gasteiger partial charge in [0.05, 0.1) is 29.2 Å². The van der Waals surface area contributed by atoms with Crippen molar-refractivity contribution in [3.63, 3.8) is 0 Å². The van der Waals surface area contributed by atoms with Crippen LogP contribution in [-0.4, -0.2) is 53.3 Å². The fourth-order valence-corrected chi connectivity index (χ4v) is 5.18. The highest BCUT2D eigenvalue weighted by molar-refractivity contribution is 5.88. The van der Waals surface area contributed by atoms with Crippen molar-refractivity contribution in [1.82, 2.24) is 20.3 Å². The van der Waals surface area contributed by atoms with Gasteiger partial charge in [-0.05, 0) is 38.3 Å². The number of rotatable bonds is 5. The first-order valence-corrected chi connectivity index (χ1v) is 11.9. The Hall–Kier alpha value is -2.57. The molecule has 1 aliphatic carbocycles. The van der Waals surface area contributed by atoms with Crippen molar-refractivity contribution in [2.45, 2.75) is 63.6 Å². The van der Waals surface area contributed by atoms with Crippen LogP contribution in [0.5, 0.6) is 0 Å². The van der Waals surface area contributed by atoms with Crippen molar-refractivity contribution < 1.29 is 4.74 Å². The molecule has 32 heavy (non-hydrogen) atoms. The number of aromatic nitrogens is 3. The molecule has 0 unspecified atom stereocenters. The van der Waals surface area contributed by atoms with Crippen LogP contribution < -0.4 is 10.2 Å². The number of ether oxygens (including phenoxy) is 1. The molecule has 0 radical (unpaired) electrons. The van der Waals surface area contributed by atoms with Gasteiger partial charge in [0.25, 0.3) is 0 Å². The largest absolute Gasteiger partial charge is 0.378 e. The van der Waals surface area contributed by atoms with Gasteiger partial charge in [-0.15, -0.1) is 0 Å². The third kappa shape index (κ3) is 4.48. The molecule has 3 heterocycles. The monoisotopic (exact) mass is 431 g/mol. The highest BCUT2D eigenvalue weighted by atomic mass is 16.5. The predicted octanol–water partition coefficient (Wildman–Crippen LogP) is 4.52. The lowest BCUT2D eigenvalue weighted by Gasteiger charge is -2.41. The number of anilines is 1. The molecule has 1 aromatic carbocycles. The van der Waals surface area contributed by atoms with Crippen molar-refractivity contribution in [2.75, 3.05) is 25.1 Å². The van der Waals surface area contributed by atoms with Crippen molar-refractivity contribution in [1.29, 1.82) is 0 Å². The summed E-state index contributed by atoms with van der Waals surface area (Å²) < 4.78 is 5.99. The van der Waals surface area contributed by atoms with Crippen LogP contribution in [-0.2, 0) is 4.74 Å². The van der Waals surface area contributed by atoms with Crippen LogP contribution in [0.25, 0.3) is 22.2 Å². The maximum atomic E-state index is 5.99. The minimum atomic E-state index is 0.135. The summed E-state index contributed by atoms with van der Waals surface area (Å²) in [6, 6.07) is 11.5. The SMILES string of the molecule is CO[C@@H]1CN(c2nc3ccccc3cc2-c2cnc(C)cn2)CC[C@@H]1NC1CCCCC1. The molecule has 5 rings (SSSR count). The Balaban J connectivity index is 1.44. The molecular weight excluding hydrogens is 398 g/mol. The van der Waals surface area contributed by atoms with Crippen molar-refractivity contribution >= 4 is 16.7 Å². The molecule has 1 N–H and O–H groups in total. The molecular formula is C26H33N5O. The van der Waals surface area contributed by atoms with E-state index in [2.05, 4.69) is 44.5 Å². The number of nitrogens with one attached hydrogen (secondary N) is 1. The van der Waals surface area contributed by atoms with E-state index in [-0.39, 0.29) is 6.10 Å². The highest BCUT2D eigenvalue weighted by Gasteiger charge is 2.33. The van der Waals surface area contributed by atoms with Crippen molar-refractivity contribution in [3.8, 4) is 11.3 Å². The van der Waals surface area contributed by atoms with Gasteiger partial charge >= 0.3 is 0 Å². The summed E-state index contributed by atoms with van der Waals surface area (Å²) in [5.74, 6) is 0.972. The Bertz CT molecular complexity index is 1050. The molecule has 6 nitrogen and oxygen atoms in total. The standard InChI is InChI=1S/C26H33N5O/c1-18-15-28-24(16-27-18)21-14-19-8-6-7-11-22(19)30-26(21)31-13-12-23(25(17-31)32-2)29-20-9-4-3-5-10-20/h6-8,11,14-16,20,23,25,29H,3-5,9-10,12-13,17H2,1-2H3/t23-,25+/m0/s1. The fourth-order valence-electron chi connectivity index (χ4n) is 5.18. The van der Waals surface area contributed by atoms with Gasteiger partial charge in [0.1, 0.15) is 5.82 Å². The Kier molecular flexibility index (Phi) is 6.32.